The number of nitrogens with zero attached hydrogens (tertiary/aromatic N) is 9. The minimum Gasteiger partial charge on any atom is -0.503 e. The maximum atomic E-state index is 13.1. The standard InChI is InChI=1S/C21H21N11O8S3/c1-2-40-26-12(15-24-20(22)43-27-15)16(35)23-13-17(36)32-14(19(37)38)8(6-41-18(13)32)7-42-21-25-28-29-30(21)4-9-3-10(33)11(34)5-31(9)39/h3,5,13,18,34,39H,2,4,6-7H2,1H3,(H,23,35)(H,37,38)(H2,22,24,27)/b26-12-/t13-,18+/m1/s1. The Kier molecular flexibility index (Phi) is 8.50. The maximum Gasteiger partial charge on any atom is 0.352 e. The Balaban J connectivity index is 1.29. The SMILES string of the molecule is CCO/N=C(\C(=O)N[C@@H]1C(=O)N2C(C(=O)O)=C(CSc3nnnn3Cc3cc(=O)c(O)cn3O)CS[C@@H]12)c1nsc(N)n1. The highest BCUT2D eigenvalue weighted by Crippen LogP contribution is 2.41. The predicted molar refractivity (Wildman–Crippen MR) is 149 cm³/mol. The van der Waals surface area contributed by atoms with Crippen LogP contribution in [0.5, 0.6) is 5.75 Å². The minimum atomic E-state index is -1.33. The molecule has 0 radical (unpaired) electrons. The van der Waals surface area contributed by atoms with Crippen LogP contribution in [0, 0.1) is 0 Å². The average molecular weight is 652 g/mol. The molecule has 2 atom stereocenters. The van der Waals surface area contributed by atoms with Gasteiger partial charge in [-0.25, -0.2) is 9.48 Å². The average Bonchev–Trinajstić information content (AvgIpc) is 3.61. The number of nitrogens with one attached hydrogen (secondary N) is 1. The van der Waals surface area contributed by atoms with Crippen molar-refractivity contribution in [3.63, 3.8) is 0 Å². The zero-order chi connectivity index (χ0) is 30.8. The van der Waals surface area contributed by atoms with Gasteiger partial charge in [0.1, 0.15) is 23.7 Å². The fraction of sp³-hybridized carbons (Fsp3) is 0.333. The lowest BCUT2D eigenvalue weighted by atomic mass is 10.0. The third-order valence-corrected chi connectivity index (χ3v) is 8.89. The lowest BCUT2D eigenvalue weighted by Gasteiger charge is -2.49. The summed E-state index contributed by atoms with van der Waals surface area (Å²) < 4.78 is 5.80. The summed E-state index contributed by atoms with van der Waals surface area (Å²) in [6, 6.07) is -0.0225. The number of tetrazole rings is 1. The van der Waals surface area contributed by atoms with Crippen LogP contribution in [0.15, 0.2) is 38.6 Å². The highest BCUT2D eigenvalue weighted by atomic mass is 32.2. The first kappa shape index (κ1) is 29.8. The van der Waals surface area contributed by atoms with Crippen molar-refractivity contribution in [2.45, 2.75) is 30.0 Å². The van der Waals surface area contributed by atoms with Crippen molar-refractivity contribution in [1.29, 1.82) is 0 Å². The van der Waals surface area contributed by atoms with E-state index in [1.165, 1.54) is 16.4 Å². The van der Waals surface area contributed by atoms with Crippen LogP contribution in [0.3, 0.4) is 0 Å². The largest absolute Gasteiger partial charge is 0.503 e. The highest BCUT2D eigenvalue weighted by Gasteiger charge is 2.54. The Labute approximate surface area is 252 Å². The number of carboxylic acid groups (broad SMARTS) is 1. The number of pyridine rings is 1. The molecule has 2 aliphatic rings. The molecule has 0 saturated carbocycles. The zero-order valence-corrected chi connectivity index (χ0v) is 24.3. The summed E-state index contributed by atoms with van der Waals surface area (Å²) in [4.78, 5) is 60.2. The van der Waals surface area contributed by atoms with E-state index in [2.05, 4.69) is 35.4 Å². The molecule has 0 bridgehead atoms. The van der Waals surface area contributed by atoms with Crippen LogP contribution in [-0.2, 0) is 25.8 Å². The van der Waals surface area contributed by atoms with Crippen molar-refractivity contribution in [2.24, 2.45) is 5.16 Å². The number of fused-ring (bicyclic) bond motifs is 1. The van der Waals surface area contributed by atoms with Gasteiger partial charge in [0.25, 0.3) is 11.8 Å². The number of aromatic hydroxyl groups is 1. The molecule has 1 fully saturated rings. The number of carboxylic acids is 1. The van der Waals surface area contributed by atoms with Gasteiger partial charge < -0.3 is 31.3 Å². The molecule has 2 aliphatic heterocycles. The van der Waals surface area contributed by atoms with Crippen LogP contribution in [-0.4, -0.2) is 108 Å². The molecule has 3 aromatic heterocycles. The Bertz CT molecular complexity index is 1720. The summed E-state index contributed by atoms with van der Waals surface area (Å²) >= 11 is 3.19. The Morgan fingerprint density at radius 2 is 2.14 bits per heavy atom. The second-order valence-electron chi connectivity index (χ2n) is 8.70. The van der Waals surface area contributed by atoms with E-state index in [1.807, 2.05) is 0 Å². The van der Waals surface area contributed by atoms with Crippen molar-refractivity contribution in [2.75, 3.05) is 23.8 Å². The number of hydrogen-bond acceptors (Lipinski definition) is 17. The van der Waals surface area contributed by atoms with Gasteiger partial charge in [-0.2, -0.15) is 14.1 Å². The topological polar surface area (TPSA) is 266 Å². The molecule has 5 rings (SSSR count). The second kappa shape index (κ2) is 12.3. The van der Waals surface area contributed by atoms with Gasteiger partial charge >= 0.3 is 5.97 Å². The van der Waals surface area contributed by atoms with E-state index in [4.69, 9.17) is 10.6 Å². The second-order valence-corrected chi connectivity index (χ2v) is 11.5. The number of aromatic nitrogens is 7. The van der Waals surface area contributed by atoms with Crippen molar-refractivity contribution < 1.29 is 34.6 Å². The molecule has 0 aliphatic carbocycles. The van der Waals surface area contributed by atoms with Gasteiger partial charge in [-0.3, -0.25) is 19.3 Å². The molecule has 3 aromatic rings. The van der Waals surface area contributed by atoms with E-state index < -0.39 is 40.4 Å². The molecule has 0 spiro atoms. The minimum absolute atomic E-state index is 0.0752. The number of amides is 2. The van der Waals surface area contributed by atoms with Gasteiger partial charge in [-0.1, -0.05) is 16.9 Å². The van der Waals surface area contributed by atoms with Crippen LogP contribution >= 0.6 is 35.1 Å². The molecule has 43 heavy (non-hydrogen) atoms. The fourth-order valence-corrected chi connectivity index (χ4v) is 6.82. The number of nitrogen functional groups attached to an aromatic ring is 1. The summed E-state index contributed by atoms with van der Waals surface area (Å²) in [5.41, 5.74) is 4.91. The number of anilines is 1. The van der Waals surface area contributed by atoms with Gasteiger partial charge in [0.15, 0.2) is 10.9 Å². The van der Waals surface area contributed by atoms with E-state index in [-0.39, 0.29) is 57.9 Å². The zero-order valence-electron chi connectivity index (χ0n) is 21.8. The number of aliphatic carboxylic acids is 1. The van der Waals surface area contributed by atoms with Crippen molar-refractivity contribution in [1.82, 2.24) is 44.5 Å². The number of hydrogen-bond donors (Lipinski definition) is 5. The lowest BCUT2D eigenvalue weighted by molar-refractivity contribution is -0.150. The normalized spacial score (nSPS) is 18.3. The molecule has 226 valence electrons. The first-order chi connectivity index (χ1) is 20.6. The Morgan fingerprint density at radius 3 is 2.84 bits per heavy atom. The predicted octanol–water partition coefficient (Wildman–Crippen LogP) is -1.47. The molecule has 0 unspecified atom stereocenters. The van der Waals surface area contributed by atoms with E-state index in [1.54, 1.807) is 6.92 Å². The number of rotatable bonds is 11. The number of oxime groups is 1. The van der Waals surface area contributed by atoms with Gasteiger partial charge in [0.2, 0.25) is 22.1 Å². The van der Waals surface area contributed by atoms with E-state index in [0.29, 0.717) is 10.3 Å². The van der Waals surface area contributed by atoms with Crippen molar-refractivity contribution in [3.05, 3.63) is 45.3 Å². The lowest BCUT2D eigenvalue weighted by Crippen LogP contribution is -2.71. The fourth-order valence-electron chi connectivity index (χ4n) is 4.02. The Hall–Kier alpha value is -4.70. The van der Waals surface area contributed by atoms with Gasteiger partial charge in [0, 0.05) is 29.1 Å². The summed E-state index contributed by atoms with van der Waals surface area (Å²) in [6.07, 6.45) is 0.840. The monoisotopic (exact) mass is 651 g/mol. The van der Waals surface area contributed by atoms with Crippen molar-refractivity contribution >= 4 is 63.7 Å². The van der Waals surface area contributed by atoms with Crippen LogP contribution in [0.1, 0.15) is 18.4 Å². The molecule has 0 aromatic carbocycles. The third-order valence-electron chi connectivity index (χ3n) is 5.97. The number of nitrogens with two attached hydrogens (primary N) is 1. The smallest absolute Gasteiger partial charge is 0.352 e. The highest BCUT2D eigenvalue weighted by molar-refractivity contribution is 8.01. The van der Waals surface area contributed by atoms with E-state index in [9.17, 15) is 34.6 Å². The molecule has 5 heterocycles. The van der Waals surface area contributed by atoms with Gasteiger partial charge in [0.05, 0.1) is 18.4 Å². The first-order valence-corrected chi connectivity index (χ1v) is 14.9. The number of β-lactam (4-membered cyclic amide) rings is 1. The maximum absolute atomic E-state index is 13.1. The molecular formula is C21H21N11O8S3. The molecule has 22 heteroatoms. The first-order valence-electron chi connectivity index (χ1n) is 12.1. The van der Waals surface area contributed by atoms with Gasteiger partial charge in [-0.15, -0.1) is 16.9 Å². The third kappa shape index (κ3) is 5.96. The number of carbonyl (C=O) groups is 3. The summed E-state index contributed by atoms with van der Waals surface area (Å²) in [7, 11) is 0. The molecule has 2 amide bonds. The molecule has 1 saturated heterocycles. The van der Waals surface area contributed by atoms with E-state index >= 15 is 0 Å². The van der Waals surface area contributed by atoms with Crippen LogP contribution in [0.4, 0.5) is 5.13 Å². The summed E-state index contributed by atoms with van der Waals surface area (Å²) in [6.45, 7) is 1.68. The Morgan fingerprint density at radius 1 is 1.35 bits per heavy atom. The molecule has 6 N–H and O–H groups in total. The summed E-state index contributed by atoms with van der Waals surface area (Å²) in [5.74, 6) is -3.16. The molecular weight excluding hydrogens is 631 g/mol. The van der Waals surface area contributed by atoms with E-state index in [0.717, 1.165) is 40.5 Å². The number of thioether (sulfide) groups is 2. The van der Waals surface area contributed by atoms with Gasteiger partial charge in [-0.05, 0) is 22.9 Å². The number of carbonyl (C=O) groups excluding carboxylic acids is 2. The van der Waals surface area contributed by atoms with Crippen LogP contribution in [0.25, 0.3) is 0 Å². The van der Waals surface area contributed by atoms with Crippen LogP contribution in [0.2, 0.25) is 0 Å². The molecule has 19 nitrogen and oxygen atoms in total. The van der Waals surface area contributed by atoms with Crippen molar-refractivity contribution in [3.8, 4) is 5.75 Å². The van der Waals surface area contributed by atoms with Crippen LogP contribution < -0.4 is 16.5 Å². The quantitative estimate of drug-likeness (QED) is 0.0521. The summed E-state index contributed by atoms with van der Waals surface area (Å²) in [5, 5.41) is 46.7.